The number of rotatable bonds is 6. The molecule has 2 aromatic carbocycles. The maximum Gasteiger partial charge on any atom is 0.186 e. The maximum atomic E-state index is 5.72. The Labute approximate surface area is 157 Å². The quantitative estimate of drug-likeness (QED) is 0.529. The van der Waals surface area contributed by atoms with E-state index in [1.807, 2.05) is 43.3 Å². The van der Waals surface area contributed by atoms with Gasteiger partial charge in [0.1, 0.15) is 16.9 Å². The molecular formula is C19H21N3O3S. The van der Waals surface area contributed by atoms with Crippen molar-refractivity contribution in [1.82, 2.24) is 9.97 Å². The van der Waals surface area contributed by atoms with E-state index >= 15 is 0 Å². The average molecular weight is 371 g/mol. The topological polar surface area (TPSA) is 59.6 Å². The van der Waals surface area contributed by atoms with Gasteiger partial charge in [-0.15, -0.1) is 0 Å². The van der Waals surface area contributed by atoms with E-state index in [0.717, 1.165) is 11.3 Å². The second-order valence-corrected chi connectivity index (χ2v) is 6.27. The monoisotopic (exact) mass is 371 g/mol. The predicted molar refractivity (Wildman–Crippen MR) is 107 cm³/mol. The van der Waals surface area contributed by atoms with Crippen LogP contribution in [0.5, 0.6) is 17.2 Å². The lowest BCUT2D eigenvalue weighted by Gasteiger charge is -2.17. The maximum absolute atomic E-state index is 5.72. The number of thiocarbonyl (C=S) groups is 1. The third kappa shape index (κ3) is 2.94. The summed E-state index contributed by atoms with van der Waals surface area (Å²) in [5.41, 5.74) is 3.28. The van der Waals surface area contributed by atoms with Crippen molar-refractivity contribution in [3.05, 3.63) is 41.7 Å². The molecule has 0 bridgehead atoms. The molecule has 26 heavy (non-hydrogen) atoms. The van der Waals surface area contributed by atoms with Gasteiger partial charge in [0, 0.05) is 31.4 Å². The van der Waals surface area contributed by atoms with Gasteiger partial charge in [-0.25, -0.2) is 4.98 Å². The van der Waals surface area contributed by atoms with Crippen LogP contribution in [0, 0.1) is 0 Å². The number of hydrogen-bond donors (Lipinski definition) is 1. The Kier molecular flexibility index (Phi) is 4.99. The summed E-state index contributed by atoms with van der Waals surface area (Å²) >= 11 is 5.72. The van der Waals surface area contributed by atoms with Gasteiger partial charge in [0.05, 0.1) is 26.2 Å². The molecule has 3 rings (SSSR count). The lowest BCUT2D eigenvalue weighted by atomic mass is 10.1. The minimum atomic E-state index is 0.561. The molecule has 1 heterocycles. The molecule has 0 spiro atoms. The standard InChI is InChI=1S/C19H21N3O3S/c1-22(2)12-9-7-6-8-11(12)18(26)19-20-15-13(23-3)10-14(24-4)17(25-5)16(15)21-19/h6-10H,1-5H3,(H,20,21). The van der Waals surface area contributed by atoms with E-state index < -0.39 is 0 Å². The van der Waals surface area contributed by atoms with Gasteiger partial charge >= 0.3 is 0 Å². The van der Waals surface area contributed by atoms with Crippen molar-refractivity contribution in [1.29, 1.82) is 0 Å². The van der Waals surface area contributed by atoms with Crippen LogP contribution in [0.2, 0.25) is 0 Å². The van der Waals surface area contributed by atoms with Crippen molar-refractivity contribution < 1.29 is 14.2 Å². The number of ether oxygens (including phenoxy) is 3. The normalized spacial score (nSPS) is 10.7. The van der Waals surface area contributed by atoms with Gasteiger partial charge in [0.25, 0.3) is 0 Å². The van der Waals surface area contributed by atoms with Gasteiger partial charge in [0.15, 0.2) is 17.2 Å². The van der Waals surface area contributed by atoms with Crippen LogP contribution >= 0.6 is 12.2 Å². The van der Waals surface area contributed by atoms with E-state index in [1.165, 1.54) is 0 Å². The van der Waals surface area contributed by atoms with Crippen molar-refractivity contribution in [3.63, 3.8) is 0 Å². The first kappa shape index (κ1) is 18.0. The number of nitrogens with one attached hydrogen (secondary N) is 1. The fourth-order valence-corrected chi connectivity index (χ4v) is 3.16. The number of H-pyrrole nitrogens is 1. The summed E-state index contributed by atoms with van der Waals surface area (Å²) in [5, 5.41) is 0. The molecule has 0 unspecified atom stereocenters. The number of imidazole rings is 1. The van der Waals surface area contributed by atoms with Gasteiger partial charge in [0.2, 0.25) is 0 Å². The first-order valence-corrected chi connectivity index (χ1v) is 8.42. The minimum Gasteiger partial charge on any atom is -0.494 e. The lowest BCUT2D eigenvalue weighted by Crippen LogP contribution is -2.14. The minimum absolute atomic E-state index is 0.561. The molecule has 0 saturated heterocycles. The van der Waals surface area contributed by atoms with Crippen LogP contribution in [0.4, 0.5) is 5.69 Å². The number of hydrogen-bond acceptors (Lipinski definition) is 6. The number of nitrogens with zero attached hydrogens (tertiary/aromatic N) is 2. The summed E-state index contributed by atoms with van der Waals surface area (Å²) in [6.45, 7) is 0. The molecule has 3 aromatic rings. The Hall–Kier alpha value is -2.80. The highest BCUT2D eigenvalue weighted by Gasteiger charge is 2.21. The van der Waals surface area contributed by atoms with Gasteiger partial charge in [-0.05, 0) is 6.07 Å². The molecular weight excluding hydrogens is 350 g/mol. The van der Waals surface area contributed by atoms with Crippen molar-refractivity contribution >= 4 is 33.8 Å². The summed E-state index contributed by atoms with van der Waals surface area (Å²) in [5.74, 6) is 2.29. The van der Waals surface area contributed by atoms with Gasteiger partial charge in [-0.3, -0.25) is 0 Å². The molecule has 7 heteroatoms. The van der Waals surface area contributed by atoms with Crippen LogP contribution in [0.25, 0.3) is 11.0 Å². The molecule has 1 N–H and O–H groups in total. The SMILES string of the molecule is COc1cc(OC)c2nc(C(=S)c3ccccc3N(C)C)[nH]c2c1OC. The van der Waals surface area contributed by atoms with E-state index in [2.05, 4.69) is 9.97 Å². The predicted octanol–water partition coefficient (Wildman–Crippen LogP) is 3.42. The Bertz CT molecular complexity index is 966. The second-order valence-electron chi connectivity index (χ2n) is 5.86. The van der Waals surface area contributed by atoms with E-state index in [4.69, 9.17) is 26.4 Å². The molecule has 0 amide bonds. The van der Waals surface area contributed by atoms with Crippen molar-refractivity contribution in [3.8, 4) is 17.2 Å². The fraction of sp³-hybridized carbons (Fsp3) is 0.263. The number of methoxy groups -OCH3 is 3. The molecule has 1 aromatic heterocycles. The summed E-state index contributed by atoms with van der Waals surface area (Å²) in [6, 6.07) is 9.70. The van der Waals surface area contributed by atoms with E-state index in [-0.39, 0.29) is 0 Å². The molecule has 0 saturated carbocycles. The fourth-order valence-electron chi connectivity index (χ4n) is 2.89. The van der Waals surface area contributed by atoms with Crippen molar-refractivity contribution in [2.45, 2.75) is 0 Å². The zero-order valence-corrected chi connectivity index (χ0v) is 16.2. The Morgan fingerprint density at radius 1 is 1.04 bits per heavy atom. The molecule has 0 aliphatic heterocycles. The van der Waals surface area contributed by atoms with E-state index in [9.17, 15) is 0 Å². The van der Waals surface area contributed by atoms with Crippen LogP contribution < -0.4 is 19.1 Å². The Morgan fingerprint density at radius 3 is 2.35 bits per heavy atom. The summed E-state index contributed by atoms with van der Waals surface area (Å²) < 4.78 is 16.4. The molecule has 0 atom stereocenters. The highest BCUT2D eigenvalue weighted by Crippen LogP contribution is 2.40. The number of fused-ring (bicyclic) bond motifs is 1. The number of para-hydroxylation sites is 1. The largest absolute Gasteiger partial charge is 0.494 e. The van der Waals surface area contributed by atoms with Crippen LogP contribution in [0.1, 0.15) is 11.4 Å². The number of aromatic nitrogens is 2. The highest BCUT2D eigenvalue weighted by atomic mass is 32.1. The van der Waals surface area contributed by atoms with Crippen LogP contribution in [-0.2, 0) is 0 Å². The smallest absolute Gasteiger partial charge is 0.186 e. The average Bonchev–Trinajstić information content (AvgIpc) is 3.11. The van der Waals surface area contributed by atoms with E-state index in [1.54, 1.807) is 27.4 Å². The molecule has 6 nitrogen and oxygen atoms in total. The zero-order chi connectivity index (χ0) is 18.8. The zero-order valence-electron chi connectivity index (χ0n) is 15.4. The van der Waals surface area contributed by atoms with Crippen LogP contribution in [-0.4, -0.2) is 50.3 Å². The molecule has 0 radical (unpaired) electrons. The third-order valence-corrected chi connectivity index (χ3v) is 4.55. The lowest BCUT2D eigenvalue weighted by molar-refractivity contribution is 0.353. The second kappa shape index (κ2) is 7.21. The number of aromatic amines is 1. The summed E-state index contributed by atoms with van der Waals surface area (Å²) in [6.07, 6.45) is 0. The first-order valence-electron chi connectivity index (χ1n) is 8.01. The first-order chi connectivity index (χ1) is 12.5. The molecule has 136 valence electrons. The third-order valence-electron chi connectivity index (χ3n) is 4.14. The Morgan fingerprint density at radius 2 is 1.73 bits per heavy atom. The van der Waals surface area contributed by atoms with Crippen LogP contribution in [0.3, 0.4) is 0 Å². The van der Waals surface area contributed by atoms with Crippen molar-refractivity contribution in [2.24, 2.45) is 0 Å². The van der Waals surface area contributed by atoms with Gasteiger partial charge in [-0.2, -0.15) is 0 Å². The summed E-state index contributed by atoms with van der Waals surface area (Å²) in [7, 11) is 8.73. The Balaban J connectivity index is 2.20. The van der Waals surface area contributed by atoms with Crippen molar-refractivity contribution in [2.75, 3.05) is 40.3 Å². The molecule has 0 aliphatic carbocycles. The number of benzene rings is 2. The molecule has 0 aliphatic rings. The number of anilines is 1. The van der Waals surface area contributed by atoms with E-state index in [0.29, 0.717) is 39.0 Å². The van der Waals surface area contributed by atoms with Gasteiger partial charge < -0.3 is 24.1 Å². The van der Waals surface area contributed by atoms with Crippen LogP contribution in [0.15, 0.2) is 30.3 Å². The summed E-state index contributed by atoms with van der Waals surface area (Å²) in [4.78, 5) is 10.6. The van der Waals surface area contributed by atoms with Gasteiger partial charge in [-0.1, -0.05) is 30.4 Å². The highest BCUT2D eigenvalue weighted by molar-refractivity contribution is 7.81. The molecule has 0 fully saturated rings.